The third-order valence-electron chi connectivity index (χ3n) is 6.87. The van der Waals surface area contributed by atoms with E-state index in [4.69, 9.17) is 4.74 Å². The van der Waals surface area contributed by atoms with Crippen molar-refractivity contribution in [1.82, 2.24) is 0 Å². The largest absolute Gasteiger partial charge is 0.496 e. The maximum atomic E-state index is 13.3. The average Bonchev–Trinajstić information content (AvgIpc) is 2.61. The lowest BCUT2D eigenvalue weighted by molar-refractivity contribution is -0.140. The first-order valence-corrected chi connectivity index (χ1v) is 9.54. The minimum absolute atomic E-state index is 0.115. The molecule has 4 aliphatic carbocycles. The molecular weight excluding hydrogens is 310 g/mol. The molecule has 25 heavy (non-hydrogen) atoms. The molecule has 4 bridgehead atoms. The van der Waals surface area contributed by atoms with Crippen LogP contribution in [0, 0.1) is 23.2 Å². The number of rotatable bonds is 3. The predicted molar refractivity (Wildman–Crippen MR) is 99.7 cm³/mol. The number of hydrogen-bond donors (Lipinski definition) is 1. The Morgan fingerprint density at radius 2 is 1.56 bits per heavy atom. The van der Waals surface area contributed by atoms with Crippen molar-refractivity contribution in [2.75, 3.05) is 12.4 Å². The smallest absolute Gasteiger partial charge is 0.230 e. The number of anilines is 1. The summed E-state index contributed by atoms with van der Waals surface area (Å²) in [5.74, 6) is 3.45. The van der Waals surface area contributed by atoms with Crippen LogP contribution in [0.3, 0.4) is 0 Å². The van der Waals surface area contributed by atoms with Gasteiger partial charge in [-0.3, -0.25) is 4.79 Å². The first-order valence-electron chi connectivity index (χ1n) is 9.54. The van der Waals surface area contributed by atoms with Gasteiger partial charge in [-0.25, -0.2) is 0 Å². The van der Waals surface area contributed by atoms with Gasteiger partial charge in [0.25, 0.3) is 0 Å². The van der Waals surface area contributed by atoms with Crippen molar-refractivity contribution in [2.45, 2.75) is 38.5 Å². The molecule has 2 aromatic carbocycles. The number of hydrogen-bond acceptors (Lipinski definition) is 2. The molecule has 4 fully saturated rings. The van der Waals surface area contributed by atoms with Crippen molar-refractivity contribution >= 4 is 22.4 Å². The molecule has 0 unspecified atom stereocenters. The van der Waals surface area contributed by atoms with Gasteiger partial charge in [-0.05, 0) is 68.4 Å². The first-order chi connectivity index (χ1) is 12.2. The van der Waals surface area contributed by atoms with Gasteiger partial charge in [-0.2, -0.15) is 0 Å². The molecule has 1 N–H and O–H groups in total. The molecule has 6 rings (SSSR count). The van der Waals surface area contributed by atoms with E-state index in [0.29, 0.717) is 0 Å². The van der Waals surface area contributed by atoms with E-state index >= 15 is 0 Å². The Morgan fingerprint density at radius 3 is 2.16 bits per heavy atom. The Bertz CT molecular complexity index is 806. The Balaban J connectivity index is 1.48. The molecule has 130 valence electrons. The van der Waals surface area contributed by atoms with E-state index in [0.717, 1.165) is 59.2 Å². The summed E-state index contributed by atoms with van der Waals surface area (Å²) in [5.41, 5.74) is 0.799. The fourth-order valence-electron chi connectivity index (χ4n) is 6.20. The van der Waals surface area contributed by atoms with Crippen LogP contribution in [0.4, 0.5) is 5.69 Å². The van der Waals surface area contributed by atoms with Crippen LogP contribution < -0.4 is 10.1 Å². The van der Waals surface area contributed by atoms with Crippen molar-refractivity contribution < 1.29 is 9.53 Å². The molecule has 0 aromatic heterocycles. The number of carbonyl (C=O) groups excluding carboxylic acids is 1. The van der Waals surface area contributed by atoms with E-state index in [9.17, 15) is 4.79 Å². The summed E-state index contributed by atoms with van der Waals surface area (Å²) < 4.78 is 5.48. The maximum Gasteiger partial charge on any atom is 0.230 e. The van der Waals surface area contributed by atoms with Crippen molar-refractivity contribution in [2.24, 2.45) is 23.2 Å². The van der Waals surface area contributed by atoms with Crippen LogP contribution in [0.25, 0.3) is 10.8 Å². The number of methoxy groups -OCH3 is 1. The summed E-state index contributed by atoms with van der Waals surface area (Å²) in [7, 11) is 1.69. The van der Waals surface area contributed by atoms with Crippen molar-refractivity contribution in [3.8, 4) is 5.75 Å². The lowest BCUT2D eigenvalue weighted by Gasteiger charge is -2.55. The number of nitrogens with one attached hydrogen (secondary N) is 1. The second kappa shape index (κ2) is 5.48. The van der Waals surface area contributed by atoms with E-state index in [1.165, 1.54) is 19.3 Å². The number of carbonyl (C=O) groups is 1. The summed E-state index contributed by atoms with van der Waals surface area (Å²) in [6.45, 7) is 0. The molecule has 3 heteroatoms. The van der Waals surface area contributed by atoms with E-state index in [1.54, 1.807) is 7.11 Å². The number of ether oxygens (including phenoxy) is 1. The monoisotopic (exact) mass is 335 g/mol. The zero-order valence-electron chi connectivity index (χ0n) is 14.8. The lowest BCUT2D eigenvalue weighted by atomic mass is 9.49. The molecule has 0 radical (unpaired) electrons. The standard InChI is InChI=1S/C22H25NO2/c1-25-20-7-6-19(17-4-2-3-5-18(17)20)23-21(24)22-11-14-8-15(12-22)10-16(9-14)13-22/h2-7,14-16H,8-13H2,1H3,(H,23,24). The molecule has 0 aliphatic heterocycles. The van der Waals surface area contributed by atoms with Gasteiger partial charge in [-0.1, -0.05) is 24.3 Å². The van der Waals surface area contributed by atoms with Crippen LogP contribution in [0.2, 0.25) is 0 Å². The number of benzene rings is 2. The molecule has 0 atom stereocenters. The summed E-state index contributed by atoms with van der Waals surface area (Å²) >= 11 is 0. The van der Waals surface area contributed by atoms with E-state index in [1.807, 2.05) is 24.3 Å². The predicted octanol–water partition coefficient (Wildman–Crippen LogP) is 5.00. The topological polar surface area (TPSA) is 38.3 Å². The van der Waals surface area contributed by atoms with Gasteiger partial charge >= 0.3 is 0 Å². The molecule has 0 saturated heterocycles. The second-order valence-electron chi connectivity index (χ2n) is 8.51. The lowest BCUT2D eigenvalue weighted by Crippen LogP contribution is -2.51. The SMILES string of the molecule is COc1ccc(NC(=O)C23CC4CC(CC(C4)C2)C3)c2ccccc12. The van der Waals surface area contributed by atoms with Gasteiger partial charge in [0, 0.05) is 16.5 Å². The van der Waals surface area contributed by atoms with Crippen LogP contribution in [0.15, 0.2) is 36.4 Å². The highest BCUT2D eigenvalue weighted by Crippen LogP contribution is 2.60. The number of amides is 1. The number of fused-ring (bicyclic) bond motifs is 1. The van der Waals surface area contributed by atoms with Crippen molar-refractivity contribution in [3.63, 3.8) is 0 Å². The maximum absolute atomic E-state index is 13.3. The fourth-order valence-corrected chi connectivity index (χ4v) is 6.20. The Morgan fingerprint density at radius 1 is 0.960 bits per heavy atom. The molecule has 0 spiro atoms. The van der Waals surface area contributed by atoms with Crippen LogP contribution >= 0.6 is 0 Å². The van der Waals surface area contributed by atoms with Gasteiger partial charge in [0.05, 0.1) is 12.5 Å². The van der Waals surface area contributed by atoms with E-state index < -0.39 is 0 Å². The van der Waals surface area contributed by atoms with Gasteiger partial charge in [-0.15, -0.1) is 0 Å². The molecule has 2 aromatic rings. The average molecular weight is 335 g/mol. The molecule has 1 amide bonds. The molecule has 4 aliphatic rings. The third-order valence-corrected chi connectivity index (χ3v) is 6.87. The zero-order valence-corrected chi connectivity index (χ0v) is 14.8. The molecule has 4 saturated carbocycles. The Labute approximate surface area is 148 Å². The minimum atomic E-state index is -0.115. The minimum Gasteiger partial charge on any atom is -0.496 e. The van der Waals surface area contributed by atoms with Crippen LogP contribution in [0.1, 0.15) is 38.5 Å². The van der Waals surface area contributed by atoms with Gasteiger partial charge < -0.3 is 10.1 Å². The molecule has 3 nitrogen and oxygen atoms in total. The first kappa shape index (κ1) is 15.2. The Kier molecular flexibility index (Phi) is 3.34. The van der Waals surface area contributed by atoms with Gasteiger partial charge in [0.1, 0.15) is 5.75 Å². The highest BCUT2D eigenvalue weighted by molar-refractivity contribution is 6.05. The highest BCUT2D eigenvalue weighted by Gasteiger charge is 2.54. The Hall–Kier alpha value is -2.03. The van der Waals surface area contributed by atoms with Crippen LogP contribution in [-0.4, -0.2) is 13.0 Å². The summed E-state index contributed by atoms with van der Waals surface area (Å²) in [6, 6.07) is 12.1. The highest BCUT2D eigenvalue weighted by atomic mass is 16.5. The summed E-state index contributed by atoms with van der Waals surface area (Å²) in [4.78, 5) is 13.3. The summed E-state index contributed by atoms with van der Waals surface area (Å²) in [5, 5.41) is 5.40. The van der Waals surface area contributed by atoms with Gasteiger partial charge in [0.15, 0.2) is 0 Å². The molecule has 0 heterocycles. The van der Waals surface area contributed by atoms with Crippen molar-refractivity contribution in [1.29, 1.82) is 0 Å². The summed E-state index contributed by atoms with van der Waals surface area (Å²) in [6.07, 6.45) is 7.37. The fraction of sp³-hybridized carbons (Fsp3) is 0.500. The quantitative estimate of drug-likeness (QED) is 0.857. The second-order valence-corrected chi connectivity index (χ2v) is 8.51. The van der Waals surface area contributed by atoms with Crippen molar-refractivity contribution in [3.05, 3.63) is 36.4 Å². The zero-order chi connectivity index (χ0) is 17.0. The van der Waals surface area contributed by atoms with Crippen LogP contribution in [-0.2, 0) is 4.79 Å². The van der Waals surface area contributed by atoms with E-state index in [-0.39, 0.29) is 11.3 Å². The normalized spacial score (nSPS) is 32.8. The third kappa shape index (κ3) is 2.36. The van der Waals surface area contributed by atoms with Crippen LogP contribution in [0.5, 0.6) is 5.75 Å². The van der Waals surface area contributed by atoms with Gasteiger partial charge in [0.2, 0.25) is 5.91 Å². The molecular formula is C22H25NO2. The van der Waals surface area contributed by atoms with E-state index in [2.05, 4.69) is 17.4 Å².